The van der Waals surface area contributed by atoms with Crippen molar-refractivity contribution in [2.45, 2.75) is 33.1 Å². The van der Waals surface area contributed by atoms with Crippen molar-refractivity contribution in [1.82, 2.24) is 4.98 Å². The zero-order valence-electron chi connectivity index (χ0n) is 12.5. The Kier molecular flexibility index (Phi) is 4.16. The number of nitrogens with two attached hydrogens (primary N) is 1. The van der Waals surface area contributed by atoms with Crippen LogP contribution in [0.2, 0.25) is 0 Å². The maximum absolute atomic E-state index is 11.7. The van der Waals surface area contributed by atoms with Gasteiger partial charge in [-0.2, -0.15) is 0 Å². The molecule has 0 aromatic carbocycles. The summed E-state index contributed by atoms with van der Waals surface area (Å²) in [5.74, 6) is 0.394. The van der Waals surface area contributed by atoms with Gasteiger partial charge in [-0.1, -0.05) is 13.8 Å². The summed E-state index contributed by atoms with van der Waals surface area (Å²) in [4.78, 5) is 18.3. The van der Waals surface area contributed by atoms with Gasteiger partial charge < -0.3 is 15.4 Å². The number of rotatable bonds is 4. The predicted molar refractivity (Wildman–Crippen MR) is 79.8 cm³/mol. The Hall–Kier alpha value is -1.78. The number of esters is 1. The van der Waals surface area contributed by atoms with Crippen molar-refractivity contribution in [3.8, 4) is 0 Å². The Morgan fingerprint density at radius 3 is 2.75 bits per heavy atom. The lowest BCUT2D eigenvalue weighted by Crippen LogP contribution is -2.27. The number of pyridine rings is 1. The third kappa shape index (κ3) is 2.57. The van der Waals surface area contributed by atoms with E-state index >= 15 is 0 Å². The summed E-state index contributed by atoms with van der Waals surface area (Å²) >= 11 is 0. The van der Waals surface area contributed by atoms with Gasteiger partial charge >= 0.3 is 5.97 Å². The second-order valence-electron chi connectivity index (χ2n) is 5.50. The molecular formula is C15H23N3O2. The first-order valence-electron chi connectivity index (χ1n) is 7.14. The fraction of sp³-hybridized carbons (Fsp3) is 0.600. The lowest BCUT2D eigenvalue weighted by atomic mass is 9.82. The van der Waals surface area contributed by atoms with Gasteiger partial charge in [-0.25, -0.2) is 9.78 Å². The first kappa shape index (κ1) is 14.6. The number of aromatic nitrogens is 1. The SMILES string of the molecule is CCC1(CC)CCN(c2cc(C(=O)OC)c(N)cn2)C1. The van der Waals surface area contributed by atoms with Gasteiger partial charge in [-0.3, -0.25) is 0 Å². The second-order valence-corrected chi connectivity index (χ2v) is 5.50. The van der Waals surface area contributed by atoms with Crippen LogP contribution in [-0.4, -0.2) is 31.2 Å². The van der Waals surface area contributed by atoms with Crippen LogP contribution < -0.4 is 10.6 Å². The van der Waals surface area contributed by atoms with Gasteiger partial charge in [-0.05, 0) is 30.7 Å². The maximum Gasteiger partial charge on any atom is 0.340 e. The first-order valence-corrected chi connectivity index (χ1v) is 7.14. The van der Waals surface area contributed by atoms with Crippen LogP contribution in [0, 0.1) is 5.41 Å². The normalized spacial score (nSPS) is 17.2. The molecule has 0 aliphatic carbocycles. The zero-order chi connectivity index (χ0) is 14.8. The quantitative estimate of drug-likeness (QED) is 0.856. The van der Waals surface area contributed by atoms with Gasteiger partial charge in [-0.15, -0.1) is 0 Å². The third-order valence-electron chi connectivity index (χ3n) is 4.59. The molecule has 1 aliphatic heterocycles. The van der Waals surface area contributed by atoms with Crippen LogP contribution in [0.1, 0.15) is 43.5 Å². The number of nitrogen functional groups attached to an aromatic ring is 1. The number of carbonyl (C=O) groups excluding carboxylic acids is 1. The van der Waals surface area contributed by atoms with Gasteiger partial charge in [0, 0.05) is 13.1 Å². The summed E-state index contributed by atoms with van der Waals surface area (Å²) in [6.07, 6.45) is 5.04. The van der Waals surface area contributed by atoms with Crippen molar-refractivity contribution in [1.29, 1.82) is 0 Å². The minimum absolute atomic E-state index is 0.358. The summed E-state index contributed by atoms with van der Waals surface area (Å²) in [5.41, 5.74) is 6.91. The first-order chi connectivity index (χ1) is 9.55. The number of nitrogens with zero attached hydrogens (tertiary/aromatic N) is 2. The number of methoxy groups -OCH3 is 1. The lowest BCUT2D eigenvalue weighted by molar-refractivity contribution is 0.0602. The maximum atomic E-state index is 11.7. The number of carbonyl (C=O) groups is 1. The van der Waals surface area contributed by atoms with Gasteiger partial charge in [0.25, 0.3) is 0 Å². The van der Waals surface area contributed by atoms with E-state index in [9.17, 15) is 4.79 Å². The number of anilines is 2. The molecule has 2 N–H and O–H groups in total. The molecular weight excluding hydrogens is 254 g/mol. The monoisotopic (exact) mass is 277 g/mol. The predicted octanol–water partition coefficient (Wildman–Crippen LogP) is 2.47. The summed E-state index contributed by atoms with van der Waals surface area (Å²) in [7, 11) is 1.36. The Labute approximate surface area is 120 Å². The van der Waals surface area contributed by atoms with E-state index in [0.717, 1.165) is 18.9 Å². The molecule has 5 heteroatoms. The van der Waals surface area contributed by atoms with Crippen molar-refractivity contribution in [2.24, 2.45) is 5.41 Å². The molecule has 0 spiro atoms. The molecule has 5 nitrogen and oxygen atoms in total. The Bertz CT molecular complexity index is 498. The molecule has 0 saturated carbocycles. The molecule has 0 radical (unpaired) electrons. The fourth-order valence-corrected chi connectivity index (χ4v) is 2.87. The lowest BCUT2D eigenvalue weighted by Gasteiger charge is -2.26. The van der Waals surface area contributed by atoms with E-state index in [2.05, 4.69) is 23.7 Å². The highest BCUT2D eigenvalue weighted by molar-refractivity contribution is 5.95. The van der Waals surface area contributed by atoms with Gasteiger partial charge in [0.1, 0.15) is 5.82 Å². The Balaban J connectivity index is 2.25. The highest BCUT2D eigenvalue weighted by Gasteiger charge is 2.35. The molecule has 1 fully saturated rings. The molecule has 2 heterocycles. The van der Waals surface area contributed by atoms with Crippen LogP contribution >= 0.6 is 0 Å². The van der Waals surface area contributed by atoms with E-state index < -0.39 is 5.97 Å². The van der Waals surface area contributed by atoms with Crippen LogP contribution in [-0.2, 0) is 4.74 Å². The molecule has 1 saturated heterocycles. The van der Waals surface area contributed by atoms with Crippen LogP contribution in [0.15, 0.2) is 12.3 Å². The Morgan fingerprint density at radius 2 is 2.20 bits per heavy atom. The number of ether oxygens (including phenoxy) is 1. The van der Waals surface area contributed by atoms with Crippen LogP contribution in [0.5, 0.6) is 0 Å². The van der Waals surface area contributed by atoms with E-state index in [1.54, 1.807) is 12.3 Å². The minimum Gasteiger partial charge on any atom is -0.465 e. The topological polar surface area (TPSA) is 68.5 Å². The third-order valence-corrected chi connectivity index (χ3v) is 4.59. The Morgan fingerprint density at radius 1 is 1.50 bits per heavy atom. The van der Waals surface area contributed by atoms with Gasteiger partial charge in [0.05, 0.1) is 24.6 Å². The minimum atomic E-state index is -0.414. The van der Waals surface area contributed by atoms with E-state index in [1.165, 1.54) is 26.4 Å². The number of hydrogen-bond donors (Lipinski definition) is 1. The number of hydrogen-bond acceptors (Lipinski definition) is 5. The summed E-state index contributed by atoms with van der Waals surface area (Å²) in [6.45, 7) is 6.43. The average Bonchev–Trinajstić information content (AvgIpc) is 2.92. The molecule has 2 rings (SSSR count). The van der Waals surface area contributed by atoms with E-state index in [-0.39, 0.29) is 0 Å². The standard InChI is InChI=1S/C15H23N3O2/c1-4-15(5-2)6-7-18(10-15)13-8-11(14(19)20-3)12(16)9-17-13/h8-9H,4-7,10,16H2,1-3H3. The van der Waals surface area contributed by atoms with E-state index in [1.807, 2.05) is 0 Å². The fourth-order valence-electron chi connectivity index (χ4n) is 2.87. The van der Waals surface area contributed by atoms with E-state index in [0.29, 0.717) is 16.7 Å². The molecule has 0 amide bonds. The van der Waals surface area contributed by atoms with Crippen LogP contribution in [0.25, 0.3) is 0 Å². The zero-order valence-corrected chi connectivity index (χ0v) is 12.5. The molecule has 0 unspecified atom stereocenters. The van der Waals surface area contributed by atoms with Gasteiger partial charge in [0.15, 0.2) is 0 Å². The molecule has 20 heavy (non-hydrogen) atoms. The molecule has 1 aromatic heterocycles. The smallest absolute Gasteiger partial charge is 0.340 e. The van der Waals surface area contributed by atoms with Crippen LogP contribution in [0.4, 0.5) is 11.5 Å². The largest absolute Gasteiger partial charge is 0.465 e. The van der Waals surface area contributed by atoms with Crippen molar-refractivity contribution in [3.05, 3.63) is 17.8 Å². The molecule has 110 valence electrons. The second kappa shape index (κ2) is 5.69. The summed E-state index contributed by atoms with van der Waals surface area (Å²) < 4.78 is 4.75. The summed E-state index contributed by atoms with van der Waals surface area (Å²) in [6, 6.07) is 1.74. The highest BCUT2D eigenvalue weighted by Crippen LogP contribution is 2.38. The molecule has 0 atom stereocenters. The van der Waals surface area contributed by atoms with E-state index in [4.69, 9.17) is 10.5 Å². The van der Waals surface area contributed by atoms with Crippen molar-refractivity contribution in [3.63, 3.8) is 0 Å². The molecule has 1 aromatic rings. The highest BCUT2D eigenvalue weighted by atomic mass is 16.5. The van der Waals surface area contributed by atoms with Gasteiger partial charge in [0.2, 0.25) is 0 Å². The summed E-state index contributed by atoms with van der Waals surface area (Å²) in [5, 5.41) is 0. The van der Waals surface area contributed by atoms with Crippen LogP contribution in [0.3, 0.4) is 0 Å². The molecule has 0 bridgehead atoms. The van der Waals surface area contributed by atoms with Crippen molar-refractivity contribution < 1.29 is 9.53 Å². The molecule has 1 aliphatic rings. The van der Waals surface area contributed by atoms with Crippen molar-refractivity contribution >= 4 is 17.5 Å². The average molecular weight is 277 g/mol. The van der Waals surface area contributed by atoms with Crippen molar-refractivity contribution in [2.75, 3.05) is 30.8 Å².